The molecule has 2 N–H and O–H groups in total. The number of halogens is 1. The molecule has 0 spiro atoms. The van der Waals surface area contributed by atoms with Gasteiger partial charge in [-0.15, -0.1) is 0 Å². The van der Waals surface area contributed by atoms with E-state index in [4.69, 9.17) is 5.73 Å². The zero-order valence-electron chi connectivity index (χ0n) is 10.5. The van der Waals surface area contributed by atoms with E-state index in [0.717, 1.165) is 23.1 Å². The van der Waals surface area contributed by atoms with E-state index in [2.05, 4.69) is 44.5 Å². The highest BCUT2D eigenvalue weighted by Crippen LogP contribution is 2.22. The van der Waals surface area contributed by atoms with Gasteiger partial charge < -0.3 is 10.3 Å². The topological polar surface area (TPSA) is 43.8 Å². The number of nitrogens with two attached hydrogens (primary N) is 1. The molecule has 3 nitrogen and oxygen atoms in total. The van der Waals surface area contributed by atoms with Crippen LogP contribution < -0.4 is 5.73 Å². The van der Waals surface area contributed by atoms with Gasteiger partial charge in [0.2, 0.25) is 0 Å². The molecular formula is C14H18BrN3. The van der Waals surface area contributed by atoms with Crippen LogP contribution in [0.2, 0.25) is 0 Å². The fraction of sp³-hybridized carbons (Fsp3) is 0.357. The first-order valence-electron chi connectivity index (χ1n) is 6.23. The molecule has 4 heteroatoms. The van der Waals surface area contributed by atoms with Crippen molar-refractivity contribution in [2.75, 3.05) is 6.54 Å². The van der Waals surface area contributed by atoms with Crippen LogP contribution >= 0.6 is 15.9 Å². The van der Waals surface area contributed by atoms with Crippen LogP contribution in [-0.4, -0.2) is 16.1 Å². The van der Waals surface area contributed by atoms with Crippen molar-refractivity contribution in [3.8, 4) is 0 Å². The standard InChI is InChI=1S/C14H18BrN3/c1-2-4-14-17-7-8-18(14)13(10-16)11-5-3-6-12(15)9-11/h3,5-9,13H,2,4,10,16H2,1H3. The highest BCUT2D eigenvalue weighted by Gasteiger charge is 2.15. The molecule has 1 aromatic carbocycles. The van der Waals surface area contributed by atoms with Crippen molar-refractivity contribution in [1.82, 2.24) is 9.55 Å². The fourth-order valence-electron chi connectivity index (χ4n) is 2.17. The smallest absolute Gasteiger partial charge is 0.109 e. The Morgan fingerprint density at radius 2 is 2.28 bits per heavy atom. The number of rotatable bonds is 5. The lowest BCUT2D eigenvalue weighted by Crippen LogP contribution is -2.21. The summed E-state index contributed by atoms with van der Waals surface area (Å²) in [5.74, 6) is 1.10. The Morgan fingerprint density at radius 3 is 2.94 bits per heavy atom. The highest BCUT2D eigenvalue weighted by molar-refractivity contribution is 9.10. The molecule has 1 aromatic heterocycles. The molecule has 18 heavy (non-hydrogen) atoms. The quantitative estimate of drug-likeness (QED) is 0.922. The van der Waals surface area contributed by atoms with Gasteiger partial charge in [0.1, 0.15) is 5.82 Å². The summed E-state index contributed by atoms with van der Waals surface area (Å²) in [6, 6.07) is 8.45. The summed E-state index contributed by atoms with van der Waals surface area (Å²) in [4.78, 5) is 4.42. The molecule has 96 valence electrons. The first-order chi connectivity index (χ1) is 8.76. The Hall–Kier alpha value is -1.13. The van der Waals surface area contributed by atoms with Crippen molar-refractivity contribution in [3.63, 3.8) is 0 Å². The fourth-order valence-corrected chi connectivity index (χ4v) is 2.59. The van der Waals surface area contributed by atoms with E-state index in [0.29, 0.717) is 6.54 Å². The van der Waals surface area contributed by atoms with Crippen LogP contribution in [-0.2, 0) is 6.42 Å². The maximum atomic E-state index is 5.95. The third kappa shape index (κ3) is 2.82. The van der Waals surface area contributed by atoms with Gasteiger partial charge in [-0.05, 0) is 24.1 Å². The summed E-state index contributed by atoms with van der Waals surface area (Å²) in [6.07, 6.45) is 5.94. The maximum Gasteiger partial charge on any atom is 0.109 e. The molecule has 0 saturated carbocycles. The minimum Gasteiger partial charge on any atom is -0.328 e. The highest BCUT2D eigenvalue weighted by atomic mass is 79.9. The van der Waals surface area contributed by atoms with Gasteiger partial charge in [0.05, 0.1) is 6.04 Å². The van der Waals surface area contributed by atoms with E-state index in [1.54, 1.807) is 0 Å². The second-order valence-electron chi connectivity index (χ2n) is 4.31. The summed E-state index contributed by atoms with van der Waals surface area (Å²) in [6.45, 7) is 2.74. The lowest BCUT2D eigenvalue weighted by Gasteiger charge is -2.20. The Labute approximate surface area is 116 Å². The van der Waals surface area contributed by atoms with Gasteiger partial charge in [0.25, 0.3) is 0 Å². The third-order valence-corrected chi connectivity index (χ3v) is 3.51. The van der Waals surface area contributed by atoms with Gasteiger partial charge in [0.15, 0.2) is 0 Å². The molecule has 0 aliphatic heterocycles. The van der Waals surface area contributed by atoms with Gasteiger partial charge in [-0.25, -0.2) is 4.98 Å². The van der Waals surface area contributed by atoms with E-state index < -0.39 is 0 Å². The Kier molecular flexibility index (Phi) is 4.55. The molecule has 1 atom stereocenters. The van der Waals surface area contributed by atoms with Crippen LogP contribution in [0.3, 0.4) is 0 Å². The van der Waals surface area contributed by atoms with E-state index in [-0.39, 0.29) is 6.04 Å². The summed E-state index contributed by atoms with van der Waals surface area (Å²) in [5.41, 5.74) is 7.16. The van der Waals surface area contributed by atoms with Gasteiger partial charge in [-0.2, -0.15) is 0 Å². The second-order valence-corrected chi connectivity index (χ2v) is 5.22. The second kappa shape index (κ2) is 6.16. The van der Waals surface area contributed by atoms with Crippen molar-refractivity contribution in [3.05, 3.63) is 52.5 Å². The number of nitrogens with zero attached hydrogens (tertiary/aromatic N) is 2. The minimum absolute atomic E-state index is 0.159. The largest absolute Gasteiger partial charge is 0.328 e. The molecule has 0 fully saturated rings. The molecule has 1 heterocycles. The number of imidazole rings is 1. The molecule has 0 bridgehead atoms. The van der Waals surface area contributed by atoms with Gasteiger partial charge in [-0.3, -0.25) is 0 Å². The summed E-state index contributed by atoms with van der Waals surface area (Å²) >= 11 is 3.51. The number of aromatic nitrogens is 2. The van der Waals surface area contributed by atoms with Gasteiger partial charge >= 0.3 is 0 Å². The Balaban J connectivity index is 2.36. The van der Waals surface area contributed by atoms with Gasteiger partial charge in [-0.1, -0.05) is 35.0 Å². The monoisotopic (exact) mass is 307 g/mol. The number of hydrogen-bond donors (Lipinski definition) is 1. The van der Waals surface area contributed by atoms with E-state index in [9.17, 15) is 0 Å². The normalized spacial score (nSPS) is 12.6. The average molecular weight is 308 g/mol. The lowest BCUT2D eigenvalue weighted by molar-refractivity contribution is 0.561. The van der Waals surface area contributed by atoms with E-state index >= 15 is 0 Å². The zero-order valence-corrected chi connectivity index (χ0v) is 12.1. The third-order valence-electron chi connectivity index (χ3n) is 3.01. The molecule has 2 aromatic rings. The van der Waals surface area contributed by atoms with Crippen LogP contribution in [0.15, 0.2) is 41.1 Å². The summed E-state index contributed by atoms with van der Waals surface area (Å²) in [7, 11) is 0. The minimum atomic E-state index is 0.159. The molecule has 0 aliphatic carbocycles. The molecule has 0 amide bonds. The molecule has 0 saturated heterocycles. The first kappa shape index (κ1) is 13.3. The maximum absolute atomic E-state index is 5.95. The molecule has 0 radical (unpaired) electrons. The number of benzene rings is 1. The van der Waals surface area contributed by atoms with Crippen molar-refractivity contribution < 1.29 is 0 Å². The molecule has 2 rings (SSSR count). The van der Waals surface area contributed by atoms with Crippen molar-refractivity contribution >= 4 is 15.9 Å². The van der Waals surface area contributed by atoms with Crippen molar-refractivity contribution in [2.24, 2.45) is 5.73 Å². The van der Waals surface area contributed by atoms with Crippen LogP contribution in [0.5, 0.6) is 0 Å². The van der Waals surface area contributed by atoms with Crippen molar-refractivity contribution in [1.29, 1.82) is 0 Å². The predicted molar refractivity (Wildman–Crippen MR) is 77.6 cm³/mol. The molecular weight excluding hydrogens is 290 g/mol. The molecule has 0 aliphatic rings. The Morgan fingerprint density at radius 1 is 1.44 bits per heavy atom. The van der Waals surface area contributed by atoms with Crippen molar-refractivity contribution in [2.45, 2.75) is 25.8 Å². The van der Waals surface area contributed by atoms with Crippen LogP contribution in [0, 0.1) is 0 Å². The first-order valence-corrected chi connectivity index (χ1v) is 7.02. The number of aryl methyl sites for hydroxylation is 1. The van der Waals surface area contributed by atoms with E-state index in [1.165, 1.54) is 5.56 Å². The zero-order chi connectivity index (χ0) is 13.0. The average Bonchev–Trinajstić information content (AvgIpc) is 2.79. The Bertz CT molecular complexity index is 507. The summed E-state index contributed by atoms with van der Waals surface area (Å²) in [5, 5.41) is 0. The predicted octanol–water partition coefficient (Wildman–Crippen LogP) is 3.15. The van der Waals surface area contributed by atoms with Gasteiger partial charge in [0, 0.05) is 29.8 Å². The lowest BCUT2D eigenvalue weighted by atomic mass is 10.1. The van der Waals surface area contributed by atoms with Crippen LogP contribution in [0.1, 0.15) is 30.8 Å². The van der Waals surface area contributed by atoms with Crippen LogP contribution in [0.25, 0.3) is 0 Å². The summed E-state index contributed by atoms with van der Waals surface area (Å²) < 4.78 is 3.27. The SMILES string of the molecule is CCCc1nccn1C(CN)c1cccc(Br)c1. The molecule has 1 unspecified atom stereocenters. The number of hydrogen-bond acceptors (Lipinski definition) is 2. The van der Waals surface area contributed by atoms with Crippen LogP contribution in [0.4, 0.5) is 0 Å². The van der Waals surface area contributed by atoms with E-state index in [1.807, 2.05) is 24.5 Å².